The molecule has 5 nitrogen and oxygen atoms in total. The molecule has 1 saturated carbocycles. The first-order chi connectivity index (χ1) is 16.5. The van der Waals surface area contributed by atoms with Crippen molar-refractivity contribution < 1.29 is 9.18 Å². The lowest BCUT2D eigenvalue weighted by molar-refractivity contribution is -0.124. The molecule has 0 spiro atoms. The second-order valence-corrected chi connectivity index (χ2v) is 9.83. The number of carbonyl (C=O) groups excluding carboxylic acids is 1. The second-order valence-electron chi connectivity index (χ2n) is 9.83. The number of carbonyl (C=O) groups is 1. The van der Waals surface area contributed by atoms with E-state index in [1.165, 1.54) is 18.9 Å². The summed E-state index contributed by atoms with van der Waals surface area (Å²) >= 11 is 0. The van der Waals surface area contributed by atoms with Gasteiger partial charge in [0.2, 0.25) is 5.91 Å². The third kappa shape index (κ3) is 4.58. The van der Waals surface area contributed by atoms with Crippen LogP contribution in [-0.2, 0) is 11.2 Å². The van der Waals surface area contributed by atoms with Gasteiger partial charge in [-0.05, 0) is 66.3 Å². The van der Waals surface area contributed by atoms with Crippen LogP contribution in [0.15, 0.2) is 49.0 Å². The van der Waals surface area contributed by atoms with Crippen LogP contribution in [0.1, 0.15) is 43.2 Å². The average Bonchev–Trinajstić information content (AvgIpc) is 3.63. The van der Waals surface area contributed by atoms with E-state index in [1.807, 2.05) is 30.3 Å². The van der Waals surface area contributed by atoms with Crippen LogP contribution in [0, 0.1) is 23.1 Å². The number of hydrogen-bond acceptors (Lipinski definition) is 4. The van der Waals surface area contributed by atoms with Crippen molar-refractivity contribution in [3.05, 3.63) is 66.0 Å². The van der Waals surface area contributed by atoms with E-state index >= 15 is 0 Å². The van der Waals surface area contributed by atoms with E-state index in [0.29, 0.717) is 17.5 Å². The van der Waals surface area contributed by atoms with Gasteiger partial charge in [0.15, 0.2) is 0 Å². The zero-order valence-electron chi connectivity index (χ0n) is 19.4. The van der Waals surface area contributed by atoms with E-state index in [4.69, 9.17) is 0 Å². The Balaban J connectivity index is 1.23. The predicted octanol–water partition coefficient (Wildman–Crippen LogP) is 4.25. The fraction of sp³-hybridized carbons (Fsp3) is 0.429. The molecule has 4 atom stereocenters. The minimum absolute atomic E-state index is 0.143. The second kappa shape index (κ2) is 9.60. The lowest BCUT2D eigenvalue weighted by Gasteiger charge is -2.23. The highest BCUT2D eigenvalue weighted by Gasteiger charge is 2.43. The summed E-state index contributed by atoms with van der Waals surface area (Å²) in [6.07, 6.45) is 5.75. The van der Waals surface area contributed by atoms with E-state index in [0.717, 1.165) is 54.7 Å². The van der Waals surface area contributed by atoms with Crippen LogP contribution in [0.3, 0.4) is 0 Å². The van der Waals surface area contributed by atoms with Crippen LogP contribution in [0.2, 0.25) is 0 Å². The Hall–Kier alpha value is -3.17. The van der Waals surface area contributed by atoms with E-state index in [9.17, 15) is 14.4 Å². The minimum atomic E-state index is -0.760. The Bertz CT molecular complexity index is 1120. The van der Waals surface area contributed by atoms with E-state index in [2.05, 4.69) is 28.2 Å². The topological polar surface area (TPSA) is 68.2 Å². The number of hydrogen-bond donors (Lipinski definition) is 2. The molecule has 2 aromatic carbocycles. The number of likely N-dealkylation sites (tertiary alicyclic amines) is 1. The van der Waals surface area contributed by atoms with Gasteiger partial charge in [0.05, 0.1) is 12.1 Å². The SMILES string of the molecule is C=C(c1ccc(-c2ccc(C[C@@H](C#N)NC(=O)C3NC4CCC3C4)c(F)c2)cc1)N1CCCC1. The Morgan fingerprint density at radius 1 is 1.18 bits per heavy atom. The van der Waals surface area contributed by atoms with Crippen LogP contribution >= 0.6 is 0 Å². The molecule has 0 radical (unpaired) electrons. The largest absolute Gasteiger partial charge is 0.372 e. The van der Waals surface area contributed by atoms with Crippen molar-refractivity contribution in [2.75, 3.05) is 13.1 Å². The fourth-order valence-electron chi connectivity index (χ4n) is 5.68. The maximum atomic E-state index is 14.9. The summed E-state index contributed by atoms with van der Waals surface area (Å²) in [6.45, 7) is 6.34. The van der Waals surface area contributed by atoms with Crippen LogP contribution < -0.4 is 10.6 Å². The molecule has 2 heterocycles. The summed E-state index contributed by atoms with van der Waals surface area (Å²) in [5.74, 6) is -0.166. The number of nitrogens with one attached hydrogen (secondary N) is 2. The van der Waals surface area contributed by atoms with Crippen LogP contribution in [0.5, 0.6) is 0 Å². The molecular formula is C28H31FN4O. The third-order valence-electron chi connectivity index (χ3n) is 7.63. The standard InChI is InChI=1S/C28H31FN4O/c1-18(33-12-2-3-13-33)19-4-6-20(7-5-19)21-8-9-22(26(29)16-21)14-25(17-30)32-28(34)27-23-10-11-24(15-23)31-27/h4-9,16,23-25,27,31H,1-3,10-15H2,(H,32,34)/t23?,24?,25-,27?/m0/s1. The smallest absolute Gasteiger partial charge is 0.238 e. The van der Waals surface area contributed by atoms with E-state index in [-0.39, 0.29) is 24.2 Å². The number of amides is 1. The molecule has 5 rings (SSSR count). The molecule has 2 saturated heterocycles. The van der Waals surface area contributed by atoms with Crippen molar-refractivity contribution in [3.8, 4) is 17.2 Å². The van der Waals surface area contributed by atoms with Crippen molar-refractivity contribution >= 4 is 11.6 Å². The number of nitriles is 1. The summed E-state index contributed by atoms with van der Waals surface area (Å²) < 4.78 is 14.9. The van der Waals surface area contributed by atoms with Crippen molar-refractivity contribution in [2.24, 2.45) is 5.92 Å². The highest BCUT2D eigenvalue weighted by Crippen LogP contribution is 2.35. The zero-order valence-corrected chi connectivity index (χ0v) is 19.4. The monoisotopic (exact) mass is 458 g/mol. The van der Waals surface area contributed by atoms with Gasteiger partial charge in [-0.1, -0.05) is 43.0 Å². The molecule has 3 unspecified atom stereocenters. The number of fused-ring (bicyclic) bond motifs is 2. The van der Waals surface area contributed by atoms with Gasteiger partial charge in [0.1, 0.15) is 11.9 Å². The van der Waals surface area contributed by atoms with E-state index in [1.54, 1.807) is 6.07 Å². The summed E-state index contributed by atoms with van der Waals surface area (Å²) in [4.78, 5) is 15.0. The number of halogens is 1. The summed E-state index contributed by atoms with van der Waals surface area (Å²) in [5, 5.41) is 15.7. The summed E-state index contributed by atoms with van der Waals surface area (Å²) in [5.41, 5.74) is 4.26. The summed E-state index contributed by atoms with van der Waals surface area (Å²) in [7, 11) is 0. The molecule has 1 amide bonds. The van der Waals surface area contributed by atoms with Gasteiger partial charge in [-0.25, -0.2) is 4.39 Å². The molecule has 34 heavy (non-hydrogen) atoms. The third-order valence-corrected chi connectivity index (χ3v) is 7.63. The van der Waals surface area contributed by atoms with Gasteiger partial charge in [-0.2, -0.15) is 5.26 Å². The maximum Gasteiger partial charge on any atom is 0.238 e. The van der Waals surface area contributed by atoms with Gasteiger partial charge in [-0.15, -0.1) is 0 Å². The van der Waals surface area contributed by atoms with Gasteiger partial charge in [-0.3, -0.25) is 4.79 Å². The fourth-order valence-corrected chi connectivity index (χ4v) is 5.68. The molecular weight excluding hydrogens is 427 g/mol. The maximum absolute atomic E-state index is 14.9. The van der Waals surface area contributed by atoms with Gasteiger partial charge < -0.3 is 15.5 Å². The van der Waals surface area contributed by atoms with E-state index < -0.39 is 6.04 Å². The zero-order chi connectivity index (χ0) is 23.7. The molecule has 3 fully saturated rings. The Labute approximate surface area is 200 Å². The lowest BCUT2D eigenvalue weighted by Crippen LogP contribution is -2.50. The highest BCUT2D eigenvalue weighted by molar-refractivity contribution is 5.83. The van der Waals surface area contributed by atoms with Gasteiger partial charge in [0.25, 0.3) is 0 Å². The van der Waals surface area contributed by atoms with Crippen molar-refractivity contribution in [3.63, 3.8) is 0 Å². The average molecular weight is 459 g/mol. The first kappa shape index (κ1) is 22.6. The molecule has 2 bridgehead atoms. The molecule has 2 N–H and O–H groups in total. The van der Waals surface area contributed by atoms with Gasteiger partial charge in [0, 0.05) is 31.2 Å². The predicted molar refractivity (Wildman–Crippen MR) is 131 cm³/mol. The van der Waals surface area contributed by atoms with Crippen LogP contribution in [-0.4, -0.2) is 42.0 Å². The van der Waals surface area contributed by atoms with Crippen molar-refractivity contribution in [1.82, 2.24) is 15.5 Å². The first-order valence-corrected chi connectivity index (χ1v) is 12.3. The number of rotatable bonds is 7. The normalized spacial score (nSPS) is 24.1. The molecule has 2 aliphatic heterocycles. The molecule has 3 aliphatic rings. The number of nitrogens with zero attached hydrogens (tertiary/aromatic N) is 2. The van der Waals surface area contributed by atoms with Crippen molar-refractivity contribution in [1.29, 1.82) is 5.26 Å². The highest BCUT2D eigenvalue weighted by atomic mass is 19.1. The molecule has 1 aliphatic carbocycles. The Morgan fingerprint density at radius 3 is 2.53 bits per heavy atom. The van der Waals surface area contributed by atoms with Crippen molar-refractivity contribution in [2.45, 2.75) is 56.7 Å². The quantitative estimate of drug-likeness (QED) is 0.651. The van der Waals surface area contributed by atoms with Gasteiger partial charge >= 0.3 is 0 Å². The molecule has 6 heteroatoms. The molecule has 176 valence electrons. The number of piperidine rings is 1. The Kier molecular flexibility index (Phi) is 6.38. The minimum Gasteiger partial charge on any atom is -0.372 e. The summed E-state index contributed by atoms with van der Waals surface area (Å²) in [6, 6.07) is 14.7. The Morgan fingerprint density at radius 2 is 1.91 bits per heavy atom. The lowest BCUT2D eigenvalue weighted by atomic mass is 9.97. The first-order valence-electron chi connectivity index (χ1n) is 12.3. The number of benzene rings is 2. The van der Waals surface area contributed by atoms with Crippen LogP contribution in [0.25, 0.3) is 16.8 Å². The molecule has 0 aromatic heterocycles. The molecule has 2 aromatic rings. The van der Waals surface area contributed by atoms with Crippen LogP contribution in [0.4, 0.5) is 4.39 Å².